The second kappa shape index (κ2) is 8.28. The quantitative estimate of drug-likeness (QED) is 0.456. The number of H-pyrrole nitrogens is 1. The molecule has 0 saturated carbocycles. The number of para-hydroxylation sites is 1. The summed E-state index contributed by atoms with van der Waals surface area (Å²) >= 11 is 3.59. The second-order valence-corrected chi connectivity index (χ2v) is 8.81. The van der Waals surface area contributed by atoms with Crippen LogP contribution in [0.4, 0.5) is 5.69 Å². The molecule has 0 atom stereocenters. The fraction of sp³-hybridized carbons (Fsp3) is 0.292. The Kier molecular flexibility index (Phi) is 5.35. The monoisotopic (exact) mass is 464 g/mol. The molecule has 1 saturated heterocycles. The average Bonchev–Trinajstić information content (AvgIpc) is 3.28. The van der Waals surface area contributed by atoms with Crippen LogP contribution in [0.2, 0.25) is 0 Å². The van der Waals surface area contributed by atoms with Crippen LogP contribution in [0.3, 0.4) is 0 Å². The molecule has 154 valence electrons. The van der Waals surface area contributed by atoms with Crippen LogP contribution in [-0.4, -0.2) is 41.8 Å². The van der Waals surface area contributed by atoms with E-state index in [0.29, 0.717) is 6.61 Å². The second-order valence-electron chi connectivity index (χ2n) is 7.89. The van der Waals surface area contributed by atoms with Crippen molar-refractivity contribution in [1.82, 2.24) is 9.88 Å². The summed E-state index contributed by atoms with van der Waals surface area (Å²) in [6, 6.07) is 14.4. The number of aromatic nitrogens is 1. The first kappa shape index (κ1) is 19.4. The van der Waals surface area contributed by atoms with Crippen molar-refractivity contribution >= 4 is 50.5 Å². The summed E-state index contributed by atoms with van der Waals surface area (Å²) in [4.78, 5) is 11.7. The number of fused-ring (bicyclic) bond motifs is 2. The normalized spacial score (nSPS) is 19.8. The smallest absolute Gasteiger partial charge is 0.136 e. The number of piperidine rings is 1. The minimum absolute atomic E-state index is 0.593. The Labute approximate surface area is 184 Å². The topological polar surface area (TPSA) is 52.6 Å². The zero-order valence-electron chi connectivity index (χ0n) is 16.9. The van der Waals surface area contributed by atoms with Crippen molar-refractivity contribution in [1.29, 1.82) is 0 Å². The highest BCUT2D eigenvalue weighted by atomic mass is 79.9. The van der Waals surface area contributed by atoms with Crippen LogP contribution >= 0.6 is 15.9 Å². The Morgan fingerprint density at radius 1 is 1.10 bits per heavy atom. The zero-order chi connectivity index (χ0) is 20.5. The van der Waals surface area contributed by atoms with Gasteiger partial charge in [0.05, 0.1) is 5.70 Å². The van der Waals surface area contributed by atoms with Gasteiger partial charge in [-0.2, -0.15) is 0 Å². The fourth-order valence-corrected chi connectivity index (χ4v) is 4.73. The van der Waals surface area contributed by atoms with E-state index in [0.717, 1.165) is 68.2 Å². The number of benzene rings is 2. The van der Waals surface area contributed by atoms with E-state index in [1.807, 2.05) is 18.2 Å². The molecule has 2 N–H and O–H groups in total. The first-order chi connectivity index (χ1) is 14.7. The minimum atomic E-state index is 0.593. The van der Waals surface area contributed by atoms with E-state index in [9.17, 15) is 0 Å². The number of likely N-dealkylation sites (tertiary alicyclic amines) is 1. The maximum Gasteiger partial charge on any atom is 0.136 e. The molecule has 2 aromatic carbocycles. The molecule has 30 heavy (non-hydrogen) atoms. The number of anilines is 1. The van der Waals surface area contributed by atoms with Gasteiger partial charge in [-0.25, -0.2) is 0 Å². The van der Waals surface area contributed by atoms with Gasteiger partial charge in [-0.3, -0.25) is 4.90 Å². The summed E-state index contributed by atoms with van der Waals surface area (Å²) in [6.45, 7) is 8.09. The molecule has 0 radical (unpaired) electrons. The largest absolute Gasteiger partial charge is 0.394 e. The van der Waals surface area contributed by atoms with Crippen LogP contribution in [0.5, 0.6) is 0 Å². The maximum atomic E-state index is 5.83. The van der Waals surface area contributed by atoms with Crippen molar-refractivity contribution in [2.75, 3.05) is 31.6 Å². The SMILES string of the molecule is C=c1[nH]c2ccc(Br)cc2/c1=C1/Nc2ccccc2/C1=N\OCCN1CCCCC1. The highest BCUT2D eigenvalue weighted by Crippen LogP contribution is 2.29. The molecule has 2 aliphatic heterocycles. The van der Waals surface area contributed by atoms with E-state index in [1.165, 1.54) is 19.3 Å². The van der Waals surface area contributed by atoms with Crippen LogP contribution in [0.25, 0.3) is 23.2 Å². The minimum Gasteiger partial charge on any atom is -0.394 e. The maximum absolute atomic E-state index is 5.83. The number of hydrogen-bond donors (Lipinski definition) is 2. The van der Waals surface area contributed by atoms with Crippen molar-refractivity contribution < 1.29 is 4.84 Å². The molecular formula is C24H25BrN4O. The third-order valence-corrected chi connectivity index (χ3v) is 6.36. The van der Waals surface area contributed by atoms with Crippen molar-refractivity contribution in [2.24, 2.45) is 5.16 Å². The molecule has 0 bridgehead atoms. The number of halogens is 1. The van der Waals surface area contributed by atoms with Gasteiger partial charge in [0.1, 0.15) is 12.3 Å². The molecule has 0 aliphatic carbocycles. The number of aromatic amines is 1. The van der Waals surface area contributed by atoms with Crippen LogP contribution in [0.1, 0.15) is 24.8 Å². The van der Waals surface area contributed by atoms with Crippen molar-refractivity contribution in [3.8, 4) is 0 Å². The van der Waals surface area contributed by atoms with Crippen LogP contribution in [0, 0.1) is 0 Å². The molecule has 5 rings (SSSR count). The molecule has 5 nitrogen and oxygen atoms in total. The number of rotatable bonds is 4. The molecule has 1 aromatic heterocycles. The van der Waals surface area contributed by atoms with Crippen LogP contribution in [0.15, 0.2) is 52.1 Å². The van der Waals surface area contributed by atoms with E-state index in [2.05, 4.69) is 67.1 Å². The Morgan fingerprint density at radius 2 is 1.93 bits per heavy atom. The lowest BCUT2D eigenvalue weighted by molar-refractivity contribution is 0.103. The standard InChI is InChI=1S/C24H25BrN4O/c1-16-22(19-15-17(25)9-10-21(19)26-16)24-23(18-7-3-4-8-20(18)27-24)28-30-14-13-29-11-5-2-6-12-29/h3-4,7-10,15,26-27H,1-2,5-6,11-14H2/b24-22+,28-23+. The van der Waals surface area contributed by atoms with E-state index in [-0.39, 0.29) is 0 Å². The van der Waals surface area contributed by atoms with Gasteiger partial charge < -0.3 is 15.1 Å². The van der Waals surface area contributed by atoms with E-state index in [1.54, 1.807) is 0 Å². The lowest BCUT2D eigenvalue weighted by atomic mass is 10.1. The lowest BCUT2D eigenvalue weighted by Crippen LogP contribution is -2.32. The molecule has 2 aliphatic rings. The molecule has 3 heterocycles. The highest BCUT2D eigenvalue weighted by molar-refractivity contribution is 9.10. The number of nitrogens with one attached hydrogen (secondary N) is 2. The Hall–Kier alpha value is -2.57. The van der Waals surface area contributed by atoms with Gasteiger partial charge in [-0.15, -0.1) is 0 Å². The van der Waals surface area contributed by atoms with Gasteiger partial charge in [-0.1, -0.05) is 52.3 Å². The first-order valence-electron chi connectivity index (χ1n) is 10.5. The van der Waals surface area contributed by atoms with Gasteiger partial charge in [0.2, 0.25) is 0 Å². The zero-order valence-corrected chi connectivity index (χ0v) is 18.5. The van der Waals surface area contributed by atoms with Crippen molar-refractivity contribution in [3.05, 3.63) is 63.1 Å². The Balaban J connectivity index is 1.53. The number of hydrogen-bond acceptors (Lipinski definition) is 4. The van der Waals surface area contributed by atoms with Gasteiger partial charge in [0.25, 0.3) is 0 Å². The fourth-order valence-electron chi connectivity index (χ4n) is 4.37. The van der Waals surface area contributed by atoms with Gasteiger partial charge >= 0.3 is 0 Å². The van der Waals surface area contributed by atoms with Crippen LogP contribution < -0.4 is 15.9 Å². The number of nitrogens with zero attached hydrogens (tertiary/aromatic N) is 2. The summed E-state index contributed by atoms with van der Waals surface area (Å²) < 4.78 is 1.03. The summed E-state index contributed by atoms with van der Waals surface area (Å²) in [6.07, 6.45) is 3.91. The van der Waals surface area contributed by atoms with E-state index in [4.69, 9.17) is 4.84 Å². The molecule has 0 spiro atoms. The molecule has 1 fully saturated rings. The average molecular weight is 465 g/mol. The molecular weight excluding hydrogens is 440 g/mol. The van der Waals surface area contributed by atoms with Crippen molar-refractivity contribution in [2.45, 2.75) is 19.3 Å². The van der Waals surface area contributed by atoms with Crippen LogP contribution in [-0.2, 0) is 4.84 Å². The summed E-state index contributed by atoms with van der Waals surface area (Å²) in [7, 11) is 0. The number of oxime groups is 1. The van der Waals surface area contributed by atoms with Gasteiger partial charge in [-0.05, 0) is 50.2 Å². The predicted octanol–water partition coefficient (Wildman–Crippen LogP) is 3.78. The molecule has 6 heteroatoms. The van der Waals surface area contributed by atoms with E-state index >= 15 is 0 Å². The molecule has 3 aromatic rings. The Morgan fingerprint density at radius 3 is 2.80 bits per heavy atom. The molecule has 0 unspecified atom stereocenters. The predicted molar refractivity (Wildman–Crippen MR) is 127 cm³/mol. The lowest BCUT2D eigenvalue weighted by Gasteiger charge is -2.25. The molecule has 0 amide bonds. The third-order valence-electron chi connectivity index (χ3n) is 5.87. The summed E-state index contributed by atoms with van der Waals surface area (Å²) in [5.41, 5.74) is 4.90. The summed E-state index contributed by atoms with van der Waals surface area (Å²) in [5, 5.41) is 11.1. The van der Waals surface area contributed by atoms with E-state index < -0.39 is 0 Å². The third kappa shape index (κ3) is 3.66. The van der Waals surface area contributed by atoms with Crippen molar-refractivity contribution in [3.63, 3.8) is 0 Å². The highest BCUT2D eigenvalue weighted by Gasteiger charge is 2.25. The Bertz CT molecular complexity index is 1220. The van der Waals surface area contributed by atoms with Gasteiger partial charge in [0.15, 0.2) is 0 Å². The summed E-state index contributed by atoms with van der Waals surface area (Å²) in [5.74, 6) is 0. The van der Waals surface area contributed by atoms with Gasteiger partial charge in [0, 0.05) is 43.7 Å². The first-order valence-corrected chi connectivity index (χ1v) is 11.3.